The molecule has 2 aromatic rings. The Balaban J connectivity index is 1.61. The van der Waals surface area contributed by atoms with Crippen LogP contribution in [0, 0.1) is 0 Å². The van der Waals surface area contributed by atoms with Gasteiger partial charge in [0.15, 0.2) is 0 Å². The van der Waals surface area contributed by atoms with Crippen molar-refractivity contribution in [1.82, 2.24) is 5.32 Å². The number of hydrogen-bond acceptors (Lipinski definition) is 2. The Morgan fingerprint density at radius 1 is 0.960 bits per heavy atom. The second-order valence-electron chi connectivity index (χ2n) is 7.34. The molecule has 25 heavy (non-hydrogen) atoms. The Morgan fingerprint density at radius 3 is 2.28 bits per heavy atom. The fourth-order valence-electron chi connectivity index (χ4n) is 2.54. The summed E-state index contributed by atoms with van der Waals surface area (Å²) in [6.07, 6.45) is 1.35. The van der Waals surface area contributed by atoms with Crippen molar-refractivity contribution in [3.63, 3.8) is 0 Å². The van der Waals surface area contributed by atoms with Crippen LogP contribution in [0.3, 0.4) is 0 Å². The summed E-state index contributed by atoms with van der Waals surface area (Å²) in [6.45, 7) is 7.38. The van der Waals surface area contributed by atoms with Crippen LogP contribution in [-0.4, -0.2) is 18.2 Å². The number of nitrogens with one attached hydrogen (secondary N) is 1. The van der Waals surface area contributed by atoms with Gasteiger partial charge >= 0.3 is 0 Å². The molecule has 0 radical (unpaired) electrons. The van der Waals surface area contributed by atoms with Crippen LogP contribution in [0.4, 0.5) is 0 Å². The lowest BCUT2D eigenvalue weighted by Crippen LogP contribution is -2.25. The van der Waals surface area contributed by atoms with Crippen molar-refractivity contribution in [2.75, 3.05) is 12.3 Å². The summed E-state index contributed by atoms with van der Waals surface area (Å²) in [5.74, 6) is 2.08. The third-order valence-electron chi connectivity index (χ3n) is 4.14. The Hall–Kier alpha value is -1.74. The highest BCUT2D eigenvalue weighted by atomic mass is 32.2. The maximum absolute atomic E-state index is 12.0. The molecule has 0 fully saturated rings. The minimum absolute atomic E-state index is 0.139. The molecule has 0 bridgehead atoms. The van der Waals surface area contributed by atoms with Gasteiger partial charge in [0.05, 0.1) is 0 Å². The number of amides is 1. The molecule has 3 heteroatoms. The van der Waals surface area contributed by atoms with Crippen LogP contribution in [0.1, 0.15) is 43.9 Å². The topological polar surface area (TPSA) is 29.1 Å². The van der Waals surface area contributed by atoms with Gasteiger partial charge in [-0.05, 0) is 28.5 Å². The van der Waals surface area contributed by atoms with E-state index < -0.39 is 0 Å². The largest absolute Gasteiger partial charge is 0.355 e. The molecule has 0 aromatic heterocycles. The van der Waals surface area contributed by atoms with E-state index in [-0.39, 0.29) is 11.3 Å². The van der Waals surface area contributed by atoms with Crippen molar-refractivity contribution >= 4 is 17.7 Å². The minimum atomic E-state index is 0.139. The van der Waals surface area contributed by atoms with Gasteiger partial charge in [-0.15, -0.1) is 0 Å². The van der Waals surface area contributed by atoms with Gasteiger partial charge in [-0.2, -0.15) is 11.8 Å². The summed E-state index contributed by atoms with van der Waals surface area (Å²) < 4.78 is 0. The zero-order chi connectivity index (χ0) is 18.1. The molecule has 0 aliphatic rings. The molecule has 2 aromatic carbocycles. The predicted octanol–water partition coefficient (Wildman–Crippen LogP) is 4.97. The maximum Gasteiger partial charge on any atom is 0.220 e. The van der Waals surface area contributed by atoms with Crippen LogP contribution in [0.15, 0.2) is 54.6 Å². The summed E-state index contributed by atoms with van der Waals surface area (Å²) in [5, 5.41) is 3.02. The fourth-order valence-corrected chi connectivity index (χ4v) is 3.36. The lowest BCUT2D eigenvalue weighted by Gasteiger charge is -2.19. The van der Waals surface area contributed by atoms with E-state index in [1.807, 2.05) is 17.8 Å². The number of rotatable bonds is 8. The first-order valence-electron chi connectivity index (χ1n) is 8.93. The molecule has 134 valence electrons. The number of thioether (sulfide) groups is 1. The second-order valence-corrected chi connectivity index (χ2v) is 8.44. The molecular formula is C22H29NOS. The molecule has 0 aliphatic carbocycles. The predicted molar refractivity (Wildman–Crippen MR) is 109 cm³/mol. The molecule has 2 nitrogen and oxygen atoms in total. The first-order chi connectivity index (χ1) is 11.9. The Kier molecular flexibility index (Phi) is 7.57. The minimum Gasteiger partial charge on any atom is -0.355 e. The van der Waals surface area contributed by atoms with Crippen molar-refractivity contribution in [1.29, 1.82) is 0 Å². The van der Waals surface area contributed by atoms with Crippen molar-refractivity contribution in [2.24, 2.45) is 0 Å². The molecule has 0 atom stereocenters. The van der Waals surface area contributed by atoms with Gasteiger partial charge in [0.2, 0.25) is 5.91 Å². The first-order valence-corrected chi connectivity index (χ1v) is 10.1. The molecule has 0 saturated heterocycles. The Labute approximate surface area is 156 Å². The second kappa shape index (κ2) is 9.67. The van der Waals surface area contributed by atoms with Crippen molar-refractivity contribution < 1.29 is 4.79 Å². The van der Waals surface area contributed by atoms with Gasteiger partial charge in [0.1, 0.15) is 0 Å². The van der Waals surface area contributed by atoms with E-state index in [2.05, 4.69) is 74.6 Å². The van der Waals surface area contributed by atoms with E-state index in [0.29, 0.717) is 6.42 Å². The smallest absolute Gasteiger partial charge is 0.220 e. The Morgan fingerprint density at radius 2 is 1.64 bits per heavy atom. The molecule has 2 rings (SSSR count). The highest BCUT2D eigenvalue weighted by molar-refractivity contribution is 7.98. The summed E-state index contributed by atoms with van der Waals surface area (Å²) in [5.41, 5.74) is 4.06. The average Bonchev–Trinajstić information content (AvgIpc) is 2.60. The third kappa shape index (κ3) is 7.35. The average molecular weight is 356 g/mol. The van der Waals surface area contributed by atoms with E-state index in [0.717, 1.165) is 24.5 Å². The van der Waals surface area contributed by atoms with Crippen molar-refractivity contribution in [3.8, 4) is 0 Å². The van der Waals surface area contributed by atoms with Crippen LogP contribution in [0.25, 0.3) is 0 Å². The molecule has 0 spiro atoms. The lowest BCUT2D eigenvalue weighted by molar-refractivity contribution is -0.120. The van der Waals surface area contributed by atoms with Gasteiger partial charge in [-0.3, -0.25) is 4.79 Å². The summed E-state index contributed by atoms with van der Waals surface area (Å²) in [7, 11) is 0. The van der Waals surface area contributed by atoms with Crippen LogP contribution < -0.4 is 5.32 Å². The molecular weight excluding hydrogens is 326 g/mol. The zero-order valence-corrected chi connectivity index (χ0v) is 16.4. The maximum atomic E-state index is 12.0. The molecule has 0 aliphatic heterocycles. The number of carbonyl (C=O) groups excluding carboxylic acids is 1. The van der Waals surface area contributed by atoms with Crippen molar-refractivity contribution in [2.45, 2.75) is 44.8 Å². The third-order valence-corrected chi connectivity index (χ3v) is 5.17. The lowest BCUT2D eigenvalue weighted by atomic mass is 9.86. The van der Waals surface area contributed by atoms with E-state index in [1.54, 1.807) is 0 Å². The standard InChI is InChI=1S/C22H29NOS/c1-22(2,3)20-12-9-18(10-13-20)11-14-21(24)23-15-16-25-17-19-7-5-4-6-8-19/h4-10,12-13H,11,14-17H2,1-3H3,(H,23,24). The molecule has 0 saturated carbocycles. The van der Waals surface area contributed by atoms with Crippen LogP contribution in [-0.2, 0) is 22.4 Å². The number of aryl methyl sites for hydroxylation is 1. The number of carbonyl (C=O) groups is 1. The molecule has 0 unspecified atom stereocenters. The Bertz CT molecular complexity index is 644. The van der Waals surface area contributed by atoms with Crippen molar-refractivity contribution in [3.05, 3.63) is 71.3 Å². The van der Waals surface area contributed by atoms with Gasteiger partial charge in [0, 0.05) is 24.5 Å². The first kappa shape index (κ1) is 19.6. The van der Waals surface area contributed by atoms with E-state index in [4.69, 9.17) is 0 Å². The molecule has 1 N–H and O–H groups in total. The van der Waals surface area contributed by atoms with Gasteiger partial charge < -0.3 is 5.32 Å². The highest BCUT2D eigenvalue weighted by Crippen LogP contribution is 2.22. The normalized spacial score (nSPS) is 11.3. The summed E-state index contributed by atoms with van der Waals surface area (Å²) in [6, 6.07) is 19.1. The van der Waals surface area contributed by atoms with Gasteiger partial charge in [0.25, 0.3) is 0 Å². The molecule has 0 heterocycles. The van der Waals surface area contributed by atoms with Gasteiger partial charge in [-0.1, -0.05) is 75.4 Å². The highest BCUT2D eigenvalue weighted by Gasteiger charge is 2.12. The van der Waals surface area contributed by atoms with Crippen LogP contribution in [0.5, 0.6) is 0 Å². The van der Waals surface area contributed by atoms with Crippen LogP contribution >= 0.6 is 11.8 Å². The van der Waals surface area contributed by atoms with E-state index in [9.17, 15) is 4.79 Å². The fraction of sp³-hybridized carbons (Fsp3) is 0.409. The number of hydrogen-bond donors (Lipinski definition) is 1. The summed E-state index contributed by atoms with van der Waals surface area (Å²) in [4.78, 5) is 12.0. The van der Waals surface area contributed by atoms with E-state index in [1.165, 1.54) is 16.7 Å². The zero-order valence-electron chi connectivity index (χ0n) is 15.5. The quantitative estimate of drug-likeness (QED) is 0.678. The van der Waals surface area contributed by atoms with Gasteiger partial charge in [-0.25, -0.2) is 0 Å². The SMILES string of the molecule is CC(C)(C)c1ccc(CCC(=O)NCCSCc2ccccc2)cc1. The molecule has 1 amide bonds. The summed E-state index contributed by atoms with van der Waals surface area (Å²) >= 11 is 1.85. The number of benzene rings is 2. The van der Waals surface area contributed by atoms with Crippen LogP contribution in [0.2, 0.25) is 0 Å². The monoisotopic (exact) mass is 355 g/mol. The van der Waals surface area contributed by atoms with E-state index >= 15 is 0 Å².